The largest absolute Gasteiger partial charge is 0.353 e. The van der Waals surface area contributed by atoms with Gasteiger partial charge in [0.1, 0.15) is 5.82 Å². The third kappa shape index (κ3) is 4.41. The Labute approximate surface area is 156 Å². The molecule has 2 saturated heterocycles. The lowest BCUT2D eigenvalue weighted by Gasteiger charge is -2.39. The van der Waals surface area contributed by atoms with E-state index in [0.717, 1.165) is 45.1 Å². The van der Waals surface area contributed by atoms with Gasteiger partial charge >= 0.3 is 0 Å². The molecule has 2 fully saturated rings. The minimum Gasteiger partial charge on any atom is -0.353 e. The van der Waals surface area contributed by atoms with Crippen LogP contribution in [0.1, 0.15) is 37.6 Å². The summed E-state index contributed by atoms with van der Waals surface area (Å²) in [7, 11) is 0. The Morgan fingerprint density at radius 2 is 1.77 bits per heavy atom. The van der Waals surface area contributed by atoms with Crippen molar-refractivity contribution in [3.05, 3.63) is 23.9 Å². The lowest BCUT2D eigenvalue weighted by atomic mass is 9.92. The summed E-state index contributed by atoms with van der Waals surface area (Å²) in [4.78, 5) is 35.3. The minimum atomic E-state index is 0.0408. The summed E-state index contributed by atoms with van der Waals surface area (Å²) in [6.45, 7) is 11.5. The van der Waals surface area contributed by atoms with Gasteiger partial charge in [0.05, 0.1) is 12.1 Å². The van der Waals surface area contributed by atoms with Crippen molar-refractivity contribution in [1.82, 2.24) is 14.8 Å². The summed E-state index contributed by atoms with van der Waals surface area (Å²) in [5.74, 6) is 2.24. The first kappa shape index (κ1) is 18.8. The number of nitrogens with zero attached hydrogens (tertiary/aromatic N) is 4. The SMILES string of the molecule is CC(=O)c1cccnc1N1CCN(CC(=O)N2CC(C)CC(C)C2)CC1. The number of anilines is 1. The Bertz CT molecular complexity index is 645. The second-order valence-electron chi connectivity index (χ2n) is 7.94. The maximum atomic E-state index is 12.7. The summed E-state index contributed by atoms with van der Waals surface area (Å²) in [5.41, 5.74) is 0.674. The number of pyridine rings is 1. The Balaban J connectivity index is 1.54. The molecule has 0 radical (unpaired) electrons. The van der Waals surface area contributed by atoms with Gasteiger partial charge in [-0.25, -0.2) is 4.98 Å². The van der Waals surface area contributed by atoms with Gasteiger partial charge in [0, 0.05) is 45.5 Å². The van der Waals surface area contributed by atoms with Gasteiger partial charge in [-0.15, -0.1) is 0 Å². The van der Waals surface area contributed by atoms with Crippen LogP contribution in [-0.4, -0.2) is 72.3 Å². The molecule has 0 saturated carbocycles. The number of carbonyl (C=O) groups excluding carboxylic acids is 2. The number of aromatic nitrogens is 1. The van der Waals surface area contributed by atoms with Crippen molar-refractivity contribution in [2.45, 2.75) is 27.2 Å². The number of amides is 1. The molecule has 2 aliphatic heterocycles. The molecule has 6 nitrogen and oxygen atoms in total. The lowest BCUT2D eigenvalue weighted by molar-refractivity contribution is -0.135. The van der Waals surface area contributed by atoms with E-state index in [9.17, 15) is 9.59 Å². The fourth-order valence-corrected chi connectivity index (χ4v) is 4.20. The summed E-state index contributed by atoms with van der Waals surface area (Å²) in [6.07, 6.45) is 2.95. The Morgan fingerprint density at radius 3 is 2.38 bits per heavy atom. The topological polar surface area (TPSA) is 56.8 Å². The molecule has 1 amide bonds. The predicted octanol–water partition coefficient (Wildman–Crippen LogP) is 1.91. The molecule has 0 N–H and O–H groups in total. The molecule has 3 rings (SSSR count). The molecule has 0 bridgehead atoms. The van der Waals surface area contributed by atoms with Gasteiger partial charge < -0.3 is 9.80 Å². The quantitative estimate of drug-likeness (QED) is 0.770. The van der Waals surface area contributed by atoms with E-state index >= 15 is 0 Å². The van der Waals surface area contributed by atoms with Crippen molar-refractivity contribution in [1.29, 1.82) is 0 Å². The molecule has 2 aliphatic rings. The maximum Gasteiger partial charge on any atom is 0.236 e. The number of carbonyl (C=O) groups is 2. The normalized spacial score (nSPS) is 24.6. The fourth-order valence-electron chi connectivity index (χ4n) is 4.20. The van der Waals surface area contributed by atoms with E-state index in [0.29, 0.717) is 23.9 Å². The van der Waals surface area contributed by atoms with E-state index in [2.05, 4.69) is 28.6 Å². The summed E-state index contributed by atoms with van der Waals surface area (Å²) >= 11 is 0. The van der Waals surface area contributed by atoms with Crippen LogP contribution in [0.2, 0.25) is 0 Å². The van der Waals surface area contributed by atoms with Gasteiger partial charge in [0.25, 0.3) is 0 Å². The second-order valence-corrected chi connectivity index (χ2v) is 7.94. The number of rotatable bonds is 4. The van der Waals surface area contributed by atoms with Crippen LogP contribution in [-0.2, 0) is 4.79 Å². The molecule has 0 aromatic carbocycles. The van der Waals surface area contributed by atoms with Gasteiger partial charge in [0.2, 0.25) is 5.91 Å². The maximum absolute atomic E-state index is 12.7. The van der Waals surface area contributed by atoms with Gasteiger partial charge in [-0.05, 0) is 37.3 Å². The summed E-state index contributed by atoms with van der Waals surface area (Å²) in [5, 5.41) is 0. The molecule has 142 valence electrons. The third-order valence-electron chi connectivity index (χ3n) is 5.42. The Hall–Kier alpha value is -1.95. The highest BCUT2D eigenvalue weighted by Crippen LogP contribution is 2.22. The summed E-state index contributed by atoms with van der Waals surface area (Å²) < 4.78 is 0. The van der Waals surface area contributed by atoms with Crippen LogP contribution in [0.4, 0.5) is 5.82 Å². The predicted molar refractivity (Wildman–Crippen MR) is 102 cm³/mol. The number of piperazine rings is 1. The Morgan fingerprint density at radius 1 is 1.12 bits per heavy atom. The summed E-state index contributed by atoms with van der Waals surface area (Å²) in [6, 6.07) is 3.63. The second kappa shape index (κ2) is 8.16. The zero-order chi connectivity index (χ0) is 18.7. The molecule has 26 heavy (non-hydrogen) atoms. The molecule has 0 aliphatic carbocycles. The molecule has 1 aromatic heterocycles. The molecule has 2 atom stereocenters. The van der Waals surface area contributed by atoms with E-state index in [1.807, 2.05) is 11.0 Å². The highest BCUT2D eigenvalue weighted by Gasteiger charge is 2.28. The highest BCUT2D eigenvalue weighted by molar-refractivity contribution is 5.98. The monoisotopic (exact) mass is 358 g/mol. The smallest absolute Gasteiger partial charge is 0.236 e. The lowest BCUT2D eigenvalue weighted by Crippen LogP contribution is -2.52. The molecule has 3 heterocycles. The third-order valence-corrected chi connectivity index (χ3v) is 5.42. The average Bonchev–Trinajstić information content (AvgIpc) is 2.61. The molecule has 0 spiro atoms. The zero-order valence-corrected chi connectivity index (χ0v) is 16.1. The number of hydrogen-bond acceptors (Lipinski definition) is 5. The van der Waals surface area contributed by atoms with E-state index in [1.54, 1.807) is 19.2 Å². The van der Waals surface area contributed by atoms with E-state index < -0.39 is 0 Å². The Kier molecular flexibility index (Phi) is 5.91. The number of piperidine rings is 1. The van der Waals surface area contributed by atoms with Crippen LogP contribution in [0.15, 0.2) is 18.3 Å². The van der Waals surface area contributed by atoms with Gasteiger partial charge in [-0.3, -0.25) is 14.5 Å². The van der Waals surface area contributed by atoms with Crippen LogP contribution < -0.4 is 4.90 Å². The minimum absolute atomic E-state index is 0.0408. The van der Waals surface area contributed by atoms with Gasteiger partial charge in [-0.1, -0.05) is 13.8 Å². The van der Waals surface area contributed by atoms with Crippen molar-refractivity contribution < 1.29 is 9.59 Å². The number of likely N-dealkylation sites (tertiary alicyclic amines) is 1. The first-order valence-corrected chi connectivity index (χ1v) is 9.65. The zero-order valence-electron chi connectivity index (χ0n) is 16.1. The molecule has 2 unspecified atom stereocenters. The first-order chi connectivity index (χ1) is 12.4. The standard InChI is InChI=1S/C20H30N4O2/c1-15-11-16(2)13-24(12-15)19(26)14-22-7-9-23(10-8-22)20-18(17(3)25)5-4-6-21-20/h4-6,15-16H,7-14H2,1-3H3. The van der Waals surface area contributed by atoms with Crippen molar-refractivity contribution in [3.8, 4) is 0 Å². The van der Waals surface area contributed by atoms with Crippen LogP contribution >= 0.6 is 0 Å². The first-order valence-electron chi connectivity index (χ1n) is 9.65. The molecular weight excluding hydrogens is 328 g/mol. The van der Waals surface area contributed by atoms with Crippen molar-refractivity contribution in [2.75, 3.05) is 50.7 Å². The van der Waals surface area contributed by atoms with Gasteiger partial charge in [0.15, 0.2) is 5.78 Å². The van der Waals surface area contributed by atoms with E-state index in [-0.39, 0.29) is 11.7 Å². The number of Topliss-reactive ketones (excluding diaryl/α,β-unsaturated/α-hetero) is 1. The van der Waals surface area contributed by atoms with Crippen LogP contribution in [0, 0.1) is 11.8 Å². The van der Waals surface area contributed by atoms with Crippen LogP contribution in [0.25, 0.3) is 0 Å². The fraction of sp³-hybridized carbons (Fsp3) is 0.650. The van der Waals surface area contributed by atoms with E-state index in [1.165, 1.54) is 6.42 Å². The number of ketones is 1. The molecule has 6 heteroatoms. The highest BCUT2D eigenvalue weighted by atomic mass is 16.2. The van der Waals surface area contributed by atoms with E-state index in [4.69, 9.17) is 0 Å². The molecule has 1 aromatic rings. The average molecular weight is 358 g/mol. The van der Waals surface area contributed by atoms with Crippen molar-refractivity contribution in [2.24, 2.45) is 11.8 Å². The van der Waals surface area contributed by atoms with Gasteiger partial charge in [-0.2, -0.15) is 0 Å². The van der Waals surface area contributed by atoms with Crippen molar-refractivity contribution in [3.63, 3.8) is 0 Å². The van der Waals surface area contributed by atoms with Crippen LogP contribution in [0.3, 0.4) is 0 Å². The number of hydrogen-bond donors (Lipinski definition) is 0. The van der Waals surface area contributed by atoms with Crippen LogP contribution in [0.5, 0.6) is 0 Å². The molecular formula is C20H30N4O2. The van der Waals surface area contributed by atoms with Crippen molar-refractivity contribution >= 4 is 17.5 Å².